The summed E-state index contributed by atoms with van der Waals surface area (Å²) in [5, 5.41) is 33.0. The fraction of sp³-hybridized carbons (Fsp3) is 0.500. The lowest BCUT2D eigenvalue weighted by atomic mass is 9.95. The summed E-state index contributed by atoms with van der Waals surface area (Å²) in [6, 6.07) is 9.92. The van der Waals surface area contributed by atoms with E-state index in [9.17, 15) is 67.5 Å². The highest BCUT2D eigenvalue weighted by atomic mass is 31.3. The SMILES string of the molecule is COCC[C@H]1[C@@H](O)[C@H](n2c[n+](Cc3ccccc3)c3c(=O)[nH]c(N)nc32)O[C@@H]1COP(=O)(O)OP(=O)(O)OP(=O)(O)OC[C@H]1O[C@@H](n2cnc3c(N)ncnc32)[C@H](OC)[C@@H]1OP(=O)(O)OC[C@H]1O[C@@H](n2ccc(=O)[nH]c2=O)[C@H](O)[C@@H]1O. The molecule has 8 heterocycles. The summed E-state index contributed by atoms with van der Waals surface area (Å²) < 4.78 is 116. The predicted octanol–water partition coefficient (Wildman–Crippen LogP) is -2.07. The molecule has 442 valence electrons. The molecule has 0 radical (unpaired) electrons. The lowest BCUT2D eigenvalue weighted by molar-refractivity contribution is -0.664. The Morgan fingerprint density at radius 2 is 1.35 bits per heavy atom. The van der Waals surface area contributed by atoms with Gasteiger partial charge in [-0.1, -0.05) is 30.3 Å². The van der Waals surface area contributed by atoms with Gasteiger partial charge in [0, 0.05) is 39.0 Å². The zero-order chi connectivity index (χ0) is 58.3. The van der Waals surface area contributed by atoms with E-state index in [0.29, 0.717) is 0 Å². The number of ether oxygens (including phenoxy) is 5. The summed E-state index contributed by atoms with van der Waals surface area (Å²) in [6.07, 6.45) is -13.2. The number of nitrogens with two attached hydrogens (primary N) is 2. The van der Waals surface area contributed by atoms with E-state index in [1.54, 1.807) is 18.2 Å². The Kier molecular flexibility index (Phi) is 17.9. The minimum atomic E-state index is -6.21. The standard InChI is InChI=1S/C40H52N12O25P4/c1-67-11-9-20-21(72-36(27(20)54)52-18-49(12-19-6-4-3-5-7-19)26-34(52)47-39(42)48-35(26)57)13-70-79(61,62)76-81(65,66)77-80(63,64)71-15-23-30(31(68-2)38(74-23)51-17-45-25-32(41)43-16-44-33(25)51)75-78(59,60)69-14-22-28(55)29(56)37(73-22)50-10-8-24(53)46-40(50)58/h3-8,10,16-18,20-23,27-31,36-38,54-56H,9,11-15H2,1-2H3,(H9-,41,42,43,44,46,47,48,53,57,58,59,60,61,62,63,64,65,66)/p+1/t20-,21-,22-,23-,27-,28-,29-,30-,31-,36-,37-,38-/m1/s1. The van der Waals surface area contributed by atoms with Gasteiger partial charge in [-0.05, 0) is 12.0 Å². The van der Waals surface area contributed by atoms with Crippen LogP contribution in [0.25, 0.3) is 22.3 Å². The summed E-state index contributed by atoms with van der Waals surface area (Å²) in [4.78, 5) is 101. The Labute approximate surface area is 452 Å². The topological polar surface area (TPSA) is 516 Å². The fourth-order valence-corrected chi connectivity index (χ4v) is 13.8. The van der Waals surface area contributed by atoms with Crippen LogP contribution in [0.2, 0.25) is 0 Å². The van der Waals surface area contributed by atoms with Gasteiger partial charge in [0.15, 0.2) is 23.9 Å². The molecule has 81 heavy (non-hydrogen) atoms. The van der Waals surface area contributed by atoms with Gasteiger partial charge in [-0.2, -0.15) is 18.2 Å². The molecule has 3 saturated heterocycles. The number of phosphoric acid groups is 4. The molecular weight excluding hydrogens is 1170 g/mol. The lowest BCUT2D eigenvalue weighted by Crippen LogP contribution is -2.38. The molecule has 0 saturated carbocycles. The van der Waals surface area contributed by atoms with Gasteiger partial charge in [-0.3, -0.25) is 46.8 Å². The average molecular weight is 1230 g/mol. The minimum absolute atomic E-state index is 0.00833. The van der Waals surface area contributed by atoms with Crippen LogP contribution in [0.15, 0.2) is 76.0 Å². The van der Waals surface area contributed by atoms with Gasteiger partial charge < -0.3 is 70.0 Å². The number of hydrogen-bond donors (Lipinski definition) is 11. The Hall–Kier alpha value is -5.40. The maximum atomic E-state index is 13.6. The van der Waals surface area contributed by atoms with Crippen LogP contribution >= 0.6 is 31.3 Å². The maximum absolute atomic E-state index is 13.6. The number of H-pyrrole nitrogens is 2. The van der Waals surface area contributed by atoms with Gasteiger partial charge in [0.25, 0.3) is 16.7 Å². The van der Waals surface area contributed by atoms with Crippen molar-refractivity contribution in [3.05, 3.63) is 98.3 Å². The highest BCUT2D eigenvalue weighted by Gasteiger charge is 2.54. The van der Waals surface area contributed by atoms with Crippen molar-refractivity contribution in [1.29, 1.82) is 0 Å². The number of anilines is 2. The number of hydrogen-bond acceptors (Lipinski definition) is 27. The zero-order valence-electron chi connectivity index (χ0n) is 41.9. The molecule has 3 aliphatic rings. The Morgan fingerprint density at radius 3 is 2.02 bits per heavy atom. The highest BCUT2D eigenvalue weighted by molar-refractivity contribution is 7.66. The number of benzene rings is 1. The van der Waals surface area contributed by atoms with Crippen LogP contribution in [0, 0.1) is 5.92 Å². The molecule has 41 heteroatoms. The van der Waals surface area contributed by atoms with Gasteiger partial charge in [-0.25, -0.2) is 42.6 Å². The van der Waals surface area contributed by atoms with Crippen molar-refractivity contribution in [1.82, 2.24) is 43.6 Å². The quantitative estimate of drug-likeness (QED) is 0.0229. The van der Waals surface area contributed by atoms with Crippen LogP contribution in [0.1, 0.15) is 30.7 Å². The molecule has 13 N–H and O–H groups in total. The number of rotatable bonds is 24. The van der Waals surface area contributed by atoms with E-state index in [-0.39, 0.29) is 53.7 Å². The van der Waals surface area contributed by atoms with Gasteiger partial charge >= 0.3 is 42.5 Å². The molecule has 16 atom stereocenters. The Bertz CT molecular complexity index is 3630. The molecule has 4 unspecified atom stereocenters. The first-order valence-electron chi connectivity index (χ1n) is 23.7. The molecule has 0 aliphatic carbocycles. The van der Waals surface area contributed by atoms with E-state index in [1.165, 1.54) is 27.1 Å². The van der Waals surface area contributed by atoms with E-state index in [4.69, 9.17) is 53.2 Å². The number of methoxy groups -OCH3 is 2. The van der Waals surface area contributed by atoms with Crippen molar-refractivity contribution < 1.29 is 108 Å². The predicted molar refractivity (Wildman–Crippen MR) is 266 cm³/mol. The van der Waals surface area contributed by atoms with Crippen LogP contribution < -0.4 is 32.8 Å². The molecular formula is C40H53N12O25P4+. The number of aromatic amines is 2. The summed E-state index contributed by atoms with van der Waals surface area (Å²) in [7, 11) is -21.0. The third-order valence-corrected chi connectivity index (χ3v) is 18.1. The number of aliphatic hydroxyl groups is 3. The molecule has 3 fully saturated rings. The number of nitrogen functional groups attached to an aromatic ring is 2. The van der Waals surface area contributed by atoms with E-state index in [0.717, 1.165) is 42.2 Å². The third-order valence-electron chi connectivity index (χ3n) is 12.9. The summed E-state index contributed by atoms with van der Waals surface area (Å²) in [6.45, 7) is -3.05. The number of imidazole rings is 2. The normalized spacial score (nSPS) is 29.0. The van der Waals surface area contributed by atoms with Crippen molar-refractivity contribution >= 4 is 65.4 Å². The molecule has 1 aromatic carbocycles. The molecule has 0 bridgehead atoms. The highest BCUT2D eigenvalue weighted by Crippen LogP contribution is 2.68. The third kappa shape index (κ3) is 13.4. The molecule has 5 aromatic heterocycles. The molecule has 3 aliphatic heterocycles. The fourth-order valence-electron chi connectivity index (χ4n) is 9.29. The zero-order valence-corrected chi connectivity index (χ0v) is 45.5. The van der Waals surface area contributed by atoms with Gasteiger partial charge in [-0.15, -0.1) is 0 Å². The number of fused-ring (bicyclic) bond motifs is 2. The molecule has 37 nitrogen and oxygen atoms in total. The average Bonchev–Trinajstić information content (AvgIpc) is 4.42. The van der Waals surface area contributed by atoms with Gasteiger partial charge in [0.2, 0.25) is 18.5 Å². The summed E-state index contributed by atoms with van der Waals surface area (Å²) in [5.74, 6) is -1.32. The number of nitrogens with zero attached hydrogens (tertiary/aromatic N) is 8. The van der Waals surface area contributed by atoms with Gasteiger partial charge in [0.05, 0.1) is 32.3 Å². The van der Waals surface area contributed by atoms with E-state index >= 15 is 0 Å². The second-order valence-corrected chi connectivity index (χ2v) is 24.2. The summed E-state index contributed by atoms with van der Waals surface area (Å²) >= 11 is 0. The Morgan fingerprint density at radius 1 is 0.704 bits per heavy atom. The number of aliphatic hydroxyl groups excluding tert-OH is 3. The van der Waals surface area contributed by atoms with E-state index in [2.05, 4.69) is 33.5 Å². The minimum Gasteiger partial charge on any atom is -0.387 e. The smallest absolute Gasteiger partial charge is 0.387 e. The lowest BCUT2D eigenvalue weighted by Gasteiger charge is -2.26. The molecule has 6 aromatic rings. The second-order valence-electron chi connectivity index (χ2n) is 18.2. The first kappa shape index (κ1) is 60.2. The van der Waals surface area contributed by atoms with Crippen molar-refractivity contribution in [2.45, 2.75) is 80.5 Å². The maximum Gasteiger partial charge on any atom is 0.490 e. The number of aromatic nitrogens is 10. The van der Waals surface area contributed by atoms with Crippen molar-refractivity contribution in [2.75, 3.05) is 52.1 Å². The molecule has 0 spiro atoms. The van der Waals surface area contributed by atoms with Crippen molar-refractivity contribution in [3.63, 3.8) is 0 Å². The van der Waals surface area contributed by atoms with Crippen molar-refractivity contribution in [2.24, 2.45) is 5.92 Å². The van der Waals surface area contributed by atoms with Crippen LogP contribution in [0.4, 0.5) is 11.8 Å². The second kappa shape index (κ2) is 24.1. The van der Waals surface area contributed by atoms with Gasteiger partial charge in [0.1, 0.15) is 61.1 Å². The number of phosphoric ester groups is 3. The van der Waals surface area contributed by atoms with E-state index in [1.807, 2.05) is 17.1 Å². The van der Waals surface area contributed by atoms with Crippen LogP contribution in [0.5, 0.6) is 0 Å². The largest absolute Gasteiger partial charge is 0.490 e. The van der Waals surface area contributed by atoms with E-state index < -0.39 is 141 Å². The van der Waals surface area contributed by atoms with Crippen LogP contribution in [-0.4, -0.2) is 168 Å². The molecule has 0 amide bonds. The first-order valence-corrected chi connectivity index (χ1v) is 29.7. The number of nitrogens with one attached hydrogen (secondary N) is 2. The van der Waals surface area contributed by atoms with Crippen molar-refractivity contribution in [3.8, 4) is 0 Å². The van der Waals surface area contributed by atoms with Crippen LogP contribution in [-0.2, 0) is 75.2 Å². The summed E-state index contributed by atoms with van der Waals surface area (Å²) in [5.41, 5.74) is 10.3. The van der Waals surface area contributed by atoms with Crippen LogP contribution in [0.3, 0.4) is 0 Å². The Balaban J connectivity index is 0.873. The molecule has 9 rings (SSSR count). The first-order chi connectivity index (χ1) is 38.3. The monoisotopic (exact) mass is 1230 g/mol.